The molecule has 86 valence electrons. The van der Waals surface area contributed by atoms with E-state index in [2.05, 4.69) is 27.9 Å². The number of hydrogen-bond donors (Lipinski definition) is 1. The van der Waals surface area contributed by atoms with Crippen LogP contribution in [-0.4, -0.2) is 18.9 Å². The van der Waals surface area contributed by atoms with Gasteiger partial charge in [-0.2, -0.15) is 0 Å². The van der Waals surface area contributed by atoms with Crippen LogP contribution in [0.4, 0.5) is 0 Å². The van der Waals surface area contributed by atoms with Crippen molar-refractivity contribution in [2.45, 2.75) is 19.3 Å². The monoisotopic (exact) mass is 329 g/mol. The Morgan fingerprint density at radius 2 is 2.00 bits per heavy atom. The first kappa shape index (κ1) is 12.0. The predicted octanol–water partition coefficient (Wildman–Crippen LogP) is 2.40. The minimum atomic E-state index is 0.279. The van der Waals surface area contributed by atoms with Crippen LogP contribution in [0.3, 0.4) is 0 Å². The van der Waals surface area contributed by atoms with Gasteiger partial charge in [0, 0.05) is 9.99 Å². The Kier molecular flexibility index (Phi) is 4.35. The maximum absolute atomic E-state index is 11.6. The molecule has 1 saturated carbocycles. The normalized spacial score (nSPS) is 15.1. The third kappa shape index (κ3) is 4.22. The topological polar surface area (TPSA) is 29.1 Å². The number of nitrogens with one attached hydrogen (secondary N) is 1. The van der Waals surface area contributed by atoms with Crippen molar-refractivity contribution in [3.63, 3.8) is 0 Å². The Hall–Kier alpha value is -0.420. The van der Waals surface area contributed by atoms with E-state index in [1.165, 1.54) is 16.4 Å². The molecule has 1 aliphatic rings. The zero-order valence-electron chi connectivity index (χ0n) is 9.21. The van der Waals surface area contributed by atoms with E-state index in [4.69, 9.17) is 0 Å². The molecular weight excluding hydrogens is 313 g/mol. The fraction of sp³-hybridized carbons (Fsp3) is 0.462. The molecule has 0 aliphatic heterocycles. The number of hydrogen-bond acceptors (Lipinski definition) is 2. The van der Waals surface area contributed by atoms with E-state index in [0.29, 0.717) is 13.0 Å². The van der Waals surface area contributed by atoms with Crippen molar-refractivity contribution in [3.05, 3.63) is 33.4 Å². The van der Waals surface area contributed by atoms with Crippen LogP contribution in [0.5, 0.6) is 0 Å². The van der Waals surface area contributed by atoms with Gasteiger partial charge in [-0.3, -0.25) is 4.79 Å². The van der Waals surface area contributed by atoms with Crippen molar-refractivity contribution in [2.24, 2.45) is 5.92 Å². The second kappa shape index (κ2) is 5.77. The van der Waals surface area contributed by atoms with Gasteiger partial charge in [-0.15, -0.1) is 0 Å². The summed E-state index contributed by atoms with van der Waals surface area (Å²) in [4.78, 5) is 11.6. The molecule has 16 heavy (non-hydrogen) atoms. The minimum absolute atomic E-state index is 0.279. The number of rotatable bonds is 6. The lowest BCUT2D eigenvalue weighted by molar-refractivity contribution is -0.117. The van der Waals surface area contributed by atoms with Crippen LogP contribution in [0.1, 0.15) is 18.4 Å². The lowest BCUT2D eigenvalue weighted by Gasteiger charge is -2.03. The number of carbonyl (C=O) groups excluding carboxylic acids is 1. The third-order valence-corrected chi connectivity index (χ3v) is 3.49. The molecule has 0 unspecified atom stereocenters. The second-order valence-electron chi connectivity index (χ2n) is 4.42. The number of benzene rings is 1. The van der Waals surface area contributed by atoms with Gasteiger partial charge in [0.2, 0.25) is 0 Å². The summed E-state index contributed by atoms with van der Waals surface area (Å²) < 4.78 is 1.21. The predicted molar refractivity (Wildman–Crippen MR) is 73.5 cm³/mol. The van der Waals surface area contributed by atoms with Gasteiger partial charge in [-0.25, -0.2) is 0 Å². The lowest BCUT2D eigenvalue weighted by Crippen LogP contribution is -2.26. The van der Waals surface area contributed by atoms with Crippen LogP contribution in [0.15, 0.2) is 24.3 Å². The molecule has 1 aliphatic carbocycles. The van der Waals surface area contributed by atoms with Crippen molar-refractivity contribution in [1.29, 1.82) is 0 Å². The van der Waals surface area contributed by atoms with Crippen molar-refractivity contribution in [2.75, 3.05) is 13.1 Å². The molecule has 1 fully saturated rings. The first-order valence-corrected chi connectivity index (χ1v) is 6.79. The van der Waals surface area contributed by atoms with E-state index in [0.717, 1.165) is 18.0 Å². The van der Waals surface area contributed by atoms with Gasteiger partial charge in [-0.1, -0.05) is 12.1 Å². The molecule has 0 saturated heterocycles. The summed E-state index contributed by atoms with van der Waals surface area (Å²) in [6.07, 6.45) is 3.21. The van der Waals surface area contributed by atoms with E-state index >= 15 is 0 Å². The smallest absolute Gasteiger partial charge is 0.150 e. The van der Waals surface area contributed by atoms with Gasteiger partial charge in [0.25, 0.3) is 0 Å². The van der Waals surface area contributed by atoms with Crippen LogP contribution in [0.25, 0.3) is 0 Å². The molecule has 0 amide bonds. The Bertz CT molecular complexity index is 357. The molecule has 0 aromatic heterocycles. The van der Waals surface area contributed by atoms with E-state index < -0.39 is 0 Å². The van der Waals surface area contributed by atoms with E-state index in [1.807, 2.05) is 24.3 Å². The lowest BCUT2D eigenvalue weighted by atomic mass is 10.1. The summed E-state index contributed by atoms with van der Waals surface area (Å²) >= 11 is 2.27. The molecule has 1 aromatic rings. The van der Waals surface area contributed by atoms with Crippen molar-refractivity contribution < 1.29 is 4.79 Å². The van der Waals surface area contributed by atoms with E-state index in [9.17, 15) is 4.79 Å². The maximum Gasteiger partial charge on any atom is 0.150 e. The van der Waals surface area contributed by atoms with Gasteiger partial charge >= 0.3 is 0 Å². The largest absolute Gasteiger partial charge is 0.310 e. The summed E-state index contributed by atoms with van der Waals surface area (Å²) in [6.45, 7) is 1.53. The molecule has 2 nitrogen and oxygen atoms in total. The fourth-order valence-electron chi connectivity index (χ4n) is 1.63. The van der Waals surface area contributed by atoms with E-state index in [-0.39, 0.29) is 5.78 Å². The van der Waals surface area contributed by atoms with Gasteiger partial charge < -0.3 is 5.32 Å². The second-order valence-corrected chi connectivity index (χ2v) is 5.66. The molecule has 2 rings (SSSR count). The molecule has 3 heteroatoms. The first-order chi connectivity index (χ1) is 7.74. The summed E-state index contributed by atoms with van der Waals surface area (Å²) in [7, 11) is 0. The highest BCUT2D eigenvalue weighted by Gasteiger charge is 2.20. The molecular formula is C13H16INO. The molecule has 1 aromatic carbocycles. The van der Waals surface area contributed by atoms with E-state index in [1.54, 1.807) is 0 Å². The Balaban J connectivity index is 1.70. The highest BCUT2D eigenvalue weighted by Crippen LogP contribution is 2.27. The quantitative estimate of drug-likeness (QED) is 0.812. The Morgan fingerprint density at radius 1 is 1.31 bits per heavy atom. The van der Waals surface area contributed by atoms with Gasteiger partial charge in [0.1, 0.15) is 0 Å². The highest BCUT2D eigenvalue weighted by molar-refractivity contribution is 14.1. The number of halogens is 1. The van der Waals surface area contributed by atoms with Crippen LogP contribution >= 0.6 is 22.6 Å². The van der Waals surface area contributed by atoms with Gasteiger partial charge in [0.15, 0.2) is 5.78 Å². The molecule has 0 atom stereocenters. The van der Waals surface area contributed by atoms with Crippen molar-refractivity contribution in [1.82, 2.24) is 5.32 Å². The van der Waals surface area contributed by atoms with Crippen LogP contribution < -0.4 is 5.32 Å². The summed E-state index contributed by atoms with van der Waals surface area (Å²) in [5.74, 6) is 1.12. The van der Waals surface area contributed by atoms with Crippen LogP contribution in [-0.2, 0) is 11.2 Å². The Morgan fingerprint density at radius 3 is 2.62 bits per heavy atom. The third-order valence-electron chi connectivity index (χ3n) is 2.77. The van der Waals surface area contributed by atoms with Gasteiger partial charge in [-0.05, 0) is 65.6 Å². The minimum Gasteiger partial charge on any atom is -0.310 e. The fourth-order valence-corrected chi connectivity index (χ4v) is 1.99. The number of ketones is 1. The molecule has 0 spiro atoms. The summed E-state index contributed by atoms with van der Waals surface area (Å²) in [5.41, 5.74) is 1.11. The first-order valence-electron chi connectivity index (χ1n) is 5.71. The average molecular weight is 329 g/mol. The zero-order chi connectivity index (χ0) is 11.4. The van der Waals surface area contributed by atoms with Crippen LogP contribution in [0, 0.1) is 9.49 Å². The number of carbonyl (C=O) groups is 1. The molecule has 1 N–H and O–H groups in total. The Labute approximate surface area is 110 Å². The van der Waals surface area contributed by atoms with Crippen molar-refractivity contribution in [3.8, 4) is 0 Å². The molecule has 0 radical (unpaired) electrons. The highest BCUT2D eigenvalue weighted by atomic mass is 127. The van der Waals surface area contributed by atoms with Crippen LogP contribution in [0.2, 0.25) is 0 Å². The molecule has 0 heterocycles. The molecule has 0 bridgehead atoms. The maximum atomic E-state index is 11.6. The summed E-state index contributed by atoms with van der Waals surface area (Å²) in [5, 5.41) is 3.23. The summed E-state index contributed by atoms with van der Waals surface area (Å²) in [6, 6.07) is 8.14. The van der Waals surface area contributed by atoms with Gasteiger partial charge in [0.05, 0.1) is 6.54 Å². The zero-order valence-corrected chi connectivity index (χ0v) is 11.4. The SMILES string of the molecule is O=C(CNCC1CC1)Cc1ccc(I)cc1. The standard InChI is InChI=1S/C13H16INO/c14-12-5-3-10(4-6-12)7-13(16)9-15-8-11-1-2-11/h3-6,11,15H,1-2,7-9H2. The van der Waals surface area contributed by atoms with Crippen molar-refractivity contribution >= 4 is 28.4 Å². The average Bonchev–Trinajstić information content (AvgIpc) is 3.05. The number of Topliss-reactive ketones (excluding diaryl/α,β-unsaturated/α-hetero) is 1.